The molecule has 0 aromatic heterocycles. The maximum absolute atomic E-state index is 13.1. The molecule has 0 saturated carbocycles. The summed E-state index contributed by atoms with van der Waals surface area (Å²) >= 11 is 0. The van der Waals surface area contributed by atoms with E-state index in [2.05, 4.69) is 0 Å². The molecule has 5 bridgehead atoms. The number of nitrogens with zero attached hydrogens (tertiary/aromatic N) is 2. The molecule has 4 rings (SSSR count). The summed E-state index contributed by atoms with van der Waals surface area (Å²) in [4.78, 5) is 39.8. The van der Waals surface area contributed by atoms with Gasteiger partial charge in [-0.05, 0) is 55.9 Å². The first-order chi connectivity index (χ1) is 11.9. The molecule has 2 aliphatic heterocycles. The second kappa shape index (κ2) is 5.38. The molecule has 0 spiro atoms. The summed E-state index contributed by atoms with van der Waals surface area (Å²) in [5.74, 6) is -0.551. The minimum absolute atomic E-state index is 0.0762. The number of hydrogen-bond donors (Lipinski definition) is 0. The molecular formula is C19H23N2O4+. The molecule has 0 saturated heterocycles. The van der Waals surface area contributed by atoms with Crippen LogP contribution in [0.5, 0.6) is 0 Å². The van der Waals surface area contributed by atoms with Crippen molar-refractivity contribution in [3.8, 4) is 0 Å². The zero-order valence-corrected chi connectivity index (χ0v) is 14.9. The minimum Gasteiger partial charge on any atom is -0.449 e. The van der Waals surface area contributed by atoms with Crippen molar-refractivity contribution in [3.05, 3.63) is 39.5 Å². The lowest BCUT2D eigenvalue weighted by molar-refractivity contribution is -0.467. The Bertz CT molecular complexity index is 791. The Labute approximate surface area is 146 Å². The van der Waals surface area contributed by atoms with Gasteiger partial charge in [0.1, 0.15) is 5.41 Å². The number of carbonyl (C=O) groups excluding carboxylic acids is 2. The molecule has 3 atom stereocenters. The Morgan fingerprint density at radius 1 is 1.44 bits per heavy atom. The molecule has 0 aromatic carbocycles. The van der Waals surface area contributed by atoms with Crippen LogP contribution < -0.4 is 0 Å². The van der Waals surface area contributed by atoms with Crippen LogP contribution >= 0.6 is 0 Å². The summed E-state index contributed by atoms with van der Waals surface area (Å²) in [6.07, 6.45) is 5.52. The molecule has 2 amide bonds. The van der Waals surface area contributed by atoms with Crippen LogP contribution in [0.2, 0.25) is 0 Å². The number of ether oxygens (including phenoxy) is 1. The van der Waals surface area contributed by atoms with E-state index in [1.54, 1.807) is 17.9 Å². The van der Waals surface area contributed by atoms with Crippen molar-refractivity contribution in [3.63, 3.8) is 0 Å². The lowest BCUT2D eigenvalue weighted by atomic mass is 9.65. The van der Waals surface area contributed by atoms with E-state index in [9.17, 15) is 14.5 Å². The molecule has 0 N–H and O–H groups in total. The lowest BCUT2D eigenvalue weighted by Crippen LogP contribution is -2.52. The molecule has 6 nitrogen and oxygen atoms in total. The van der Waals surface area contributed by atoms with E-state index < -0.39 is 11.3 Å². The molecule has 2 aliphatic carbocycles. The quantitative estimate of drug-likeness (QED) is 0.686. The molecule has 0 fully saturated rings. The lowest BCUT2D eigenvalue weighted by Gasteiger charge is -2.43. The van der Waals surface area contributed by atoms with E-state index in [1.165, 1.54) is 0 Å². The third-order valence-corrected chi connectivity index (χ3v) is 6.45. The van der Waals surface area contributed by atoms with Crippen LogP contribution in [0.25, 0.3) is 0 Å². The van der Waals surface area contributed by atoms with E-state index >= 15 is 0 Å². The van der Waals surface area contributed by atoms with Gasteiger partial charge in [0.2, 0.25) is 6.54 Å². The summed E-state index contributed by atoms with van der Waals surface area (Å²) in [5, 5.41) is 0. The number of amides is 2. The highest BCUT2D eigenvalue weighted by molar-refractivity contribution is 5.83. The Morgan fingerprint density at radius 3 is 2.92 bits per heavy atom. The number of nitroso groups, excluding NO2 is 1. The number of carbonyl (C=O) groups is 2. The van der Waals surface area contributed by atoms with Crippen molar-refractivity contribution >= 4 is 12.0 Å². The maximum Gasteiger partial charge on any atom is 0.443 e. The predicted octanol–water partition coefficient (Wildman–Crippen LogP) is 3.09. The van der Waals surface area contributed by atoms with Gasteiger partial charge >= 0.3 is 12.0 Å². The topological polar surface area (TPSA) is 66.7 Å². The summed E-state index contributed by atoms with van der Waals surface area (Å²) in [6.45, 7) is 6.06. The number of hydrogen-bond acceptors (Lipinski definition) is 4. The standard InChI is InChI=1S/C19H23N2O4/c1-4-25-18(23)21-15-8-7-14-12-6-5-9-20(24)17(22)19(14,3)11(2)16(21)10-13(12)15/h5-6,11,16H,4,7-10H2,1-3H3/q+1/b6-5-. The Balaban J connectivity index is 1.96. The van der Waals surface area contributed by atoms with E-state index in [1.807, 2.05) is 19.9 Å². The largest absolute Gasteiger partial charge is 0.449 e. The van der Waals surface area contributed by atoms with Crippen molar-refractivity contribution in [2.75, 3.05) is 13.2 Å². The number of fused-ring (bicyclic) bond motifs is 1. The Kier molecular flexibility index (Phi) is 3.49. The zero-order chi connectivity index (χ0) is 17.9. The van der Waals surface area contributed by atoms with E-state index in [0.717, 1.165) is 28.8 Å². The van der Waals surface area contributed by atoms with Crippen molar-refractivity contribution in [1.29, 1.82) is 0 Å². The molecule has 4 aliphatic rings. The van der Waals surface area contributed by atoms with Gasteiger partial charge in [0.25, 0.3) is 0 Å². The summed E-state index contributed by atoms with van der Waals surface area (Å²) < 4.78 is 5.86. The van der Waals surface area contributed by atoms with Gasteiger partial charge in [-0.2, -0.15) is 0 Å². The monoisotopic (exact) mass is 343 g/mol. The van der Waals surface area contributed by atoms with Gasteiger partial charge in [0, 0.05) is 22.6 Å². The second-order valence-electron chi connectivity index (χ2n) is 7.42. The smallest absolute Gasteiger partial charge is 0.443 e. The first-order valence-corrected chi connectivity index (χ1v) is 8.98. The van der Waals surface area contributed by atoms with Gasteiger partial charge in [-0.25, -0.2) is 9.59 Å². The molecular weight excluding hydrogens is 320 g/mol. The van der Waals surface area contributed by atoms with E-state index in [0.29, 0.717) is 24.2 Å². The van der Waals surface area contributed by atoms with Crippen molar-refractivity contribution < 1.29 is 19.1 Å². The highest BCUT2D eigenvalue weighted by Crippen LogP contribution is 2.57. The first kappa shape index (κ1) is 16.2. The molecule has 0 radical (unpaired) electrons. The van der Waals surface area contributed by atoms with Crippen LogP contribution in [0, 0.1) is 16.2 Å². The normalized spacial score (nSPS) is 34.9. The molecule has 3 unspecified atom stereocenters. The van der Waals surface area contributed by atoms with Crippen molar-refractivity contribution in [2.24, 2.45) is 11.3 Å². The van der Waals surface area contributed by atoms with Gasteiger partial charge < -0.3 is 4.74 Å². The Morgan fingerprint density at radius 2 is 2.20 bits per heavy atom. The van der Waals surface area contributed by atoms with Crippen molar-refractivity contribution in [2.45, 2.75) is 46.1 Å². The van der Waals surface area contributed by atoms with Gasteiger partial charge in [0.15, 0.2) is 0 Å². The van der Waals surface area contributed by atoms with Crippen LogP contribution in [0.1, 0.15) is 40.0 Å². The summed E-state index contributed by atoms with van der Waals surface area (Å²) in [7, 11) is 0. The average molecular weight is 343 g/mol. The third-order valence-electron chi connectivity index (χ3n) is 6.45. The highest BCUT2D eigenvalue weighted by atomic mass is 16.6. The number of rotatable bonds is 1. The first-order valence-electron chi connectivity index (χ1n) is 8.98. The molecule has 6 heteroatoms. The van der Waals surface area contributed by atoms with Crippen LogP contribution in [-0.2, 0) is 9.53 Å². The zero-order valence-electron chi connectivity index (χ0n) is 14.9. The number of allylic oxidation sites excluding steroid dienone is 3. The van der Waals surface area contributed by atoms with Gasteiger partial charge in [0.05, 0.1) is 11.4 Å². The van der Waals surface area contributed by atoms with Gasteiger partial charge in [-0.1, -0.05) is 13.0 Å². The van der Waals surface area contributed by atoms with E-state index in [-0.39, 0.29) is 24.6 Å². The van der Waals surface area contributed by atoms with Crippen LogP contribution in [0.3, 0.4) is 0 Å². The van der Waals surface area contributed by atoms with Gasteiger partial charge in [-0.3, -0.25) is 4.90 Å². The van der Waals surface area contributed by atoms with Crippen LogP contribution in [0.15, 0.2) is 34.6 Å². The van der Waals surface area contributed by atoms with E-state index in [4.69, 9.17) is 4.74 Å². The fraction of sp³-hybridized carbons (Fsp3) is 0.579. The molecule has 0 aromatic rings. The molecule has 132 valence electrons. The minimum atomic E-state index is -0.884. The van der Waals surface area contributed by atoms with Crippen LogP contribution in [-0.4, -0.2) is 40.9 Å². The van der Waals surface area contributed by atoms with Crippen LogP contribution in [0.4, 0.5) is 4.79 Å². The fourth-order valence-electron chi connectivity index (χ4n) is 5.03. The second-order valence-corrected chi connectivity index (χ2v) is 7.42. The fourth-order valence-corrected chi connectivity index (χ4v) is 5.03. The predicted molar refractivity (Wildman–Crippen MR) is 90.5 cm³/mol. The third kappa shape index (κ3) is 1.96. The van der Waals surface area contributed by atoms with Crippen molar-refractivity contribution in [1.82, 2.24) is 4.90 Å². The van der Waals surface area contributed by atoms with Gasteiger partial charge in [-0.15, -0.1) is 0 Å². The highest BCUT2D eigenvalue weighted by Gasteiger charge is 2.60. The Hall–Kier alpha value is -2.24. The molecule has 2 heterocycles. The maximum atomic E-state index is 13.1. The summed E-state index contributed by atoms with van der Waals surface area (Å²) in [5.41, 5.74) is 3.43. The average Bonchev–Trinajstić information content (AvgIpc) is 2.96. The number of likely N-dealkylation sites (tertiary alicyclic amines) is 1. The SMILES string of the molecule is CCOC(=O)N1C2=C3CC1C(C)C1(C)C(=O)[N+](=O)C/C=C\C3=C1CC2. The molecule has 25 heavy (non-hydrogen) atoms. The summed E-state index contributed by atoms with van der Waals surface area (Å²) in [6, 6.07) is -0.148.